The molecule has 3 N–H and O–H groups in total. The van der Waals surface area contributed by atoms with E-state index in [2.05, 4.69) is 11.4 Å². The average molecular weight is 280 g/mol. The maximum atomic E-state index is 12.0. The lowest BCUT2D eigenvalue weighted by Gasteiger charge is -2.10. The number of nitrogens with one attached hydrogen (secondary N) is 1. The Bertz CT molecular complexity index is 499. The lowest BCUT2D eigenvalue weighted by molar-refractivity contribution is 0.0944. The number of ketones is 1. The van der Waals surface area contributed by atoms with Crippen LogP contribution in [0.1, 0.15) is 29.1 Å². The van der Waals surface area contributed by atoms with Crippen LogP contribution >= 0.6 is 11.3 Å². The van der Waals surface area contributed by atoms with Crippen molar-refractivity contribution in [2.45, 2.75) is 13.8 Å². The second-order valence-electron chi connectivity index (χ2n) is 4.91. The summed E-state index contributed by atoms with van der Waals surface area (Å²) in [5.41, 5.74) is 6.59. The number of carbonyl (C=O) groups is 1. The predicted molar refractivity (Wildman–Crippen MR) is 79.7 cm³/mol. The van der Waals surface area contributed by atoms with Gasteiger partial charge in [-0.2, -0.15) is 5.26 Å². The van der Waals surface area contributed by atoms with Crippen LogP contribution in [0.25, 0.3) is 0 Å². The monoisotopic (exact) mass is 280 g/mol. The molecule has 19 heavy (non-hydrogen) atoms. The first-order valence-corrected chi connectivity index (χ1v) is 6.95. The summed E-state index contributed by atoms with van der Waals surface area (Å²) >= 11 is 1.27. The summed E-state index contributed by atoms with van der Waals surface area (Å²) in [6.45, 7) is 5.20. The fourth-order valence-electron chi connectivity index (χ4n) is 1.52. The van der Waals surface area contributed by atoms with Crippen molar-refractivity contribution in [1.82, 2.24) is 4.90 Å². The average Bonchev–Trinajstić information content (AvgIpc) is 2.64. The summed E-state index contributed by atoms with van der Waals surface area (Å²) in [4.78, 5) is 14.5. The maximum absolute atomic E-state index is 12.0. The van der Waals surface area contributed by atoms with Gasteiger partial charge in [0.25, 0.3) is 0 Å². The maximum Gasteiger partial charge on any atom is 0.177 e. The number of thiophene rings is 1. The van der Waals surface area contributed by atoms with Gasteiger partial charge in [-0.05, 0) is 14.1 Å². The molecule has 0 bridgehead atoms. The molecule has 0 aliphatic carbocycles. The van der Waals surface area contributed by atoms with E-state index in [1.807, 2.05) is 32.8 Å². The van der Waals surface area contributed by atoms with Gasteiger partial charge in [-0.1, -0.05) is 13.8 Å². The van der Waals surface area contributed by atoms with Crippen LogP contribution in [-0.2, 0) is 0 Å². The number of nitriles is 1. The highest BCUT2D eigenvalue weighted by Crippen LogP contribution is 2.36. The van der Waals surface area contributed by atoms with Crippen LogP contribution in [0.15, 0.2) is 0 Å². The fraction of sp³-hybridized carbons (Fsp3) is 0.538. The number of Topliss-reactive ketones (excluding diaryl/α,β-unsaturated/α-hetero) is 1. The van der Waals surface area contributed by atoms with Crippen molar-refractivity contribution in [3.8, 4) is 6.07 Å². The first kappa shape index (κ1) is 15.5. The Morgan fingerprint density at radius 1 is 1.53 bits per heavy atom. The standard InChI is InChI=1S/C13H20N4OS/c1-8(2)11(18)12-10(15)9(7-14)13(19-12)16-5-6-17(3)4/h8,16H,5-6,15H2,1-4H3. The van der Waals surface area contributed by atoms with Gasteiger partial charge in [-0.15, -0.1) is 11.3 Å². The van der Waals surface area contributed by atoms with E-state index >= 15 is 0 Å². The highest BCUT2D eigenvalue weighted by atomic mass is 32.1. The van der Waals surface area contributed by atoms with Crippen molar-refractivity contribution < 1.29 is 4.79 Å². The lowest BCUT2D eigenvalue weighted by atomic mass is 10.1. The van der Waals surface area contributed by atoms with Crippen LogP contribution in [0.3, 0.4) is 0 Å². The molecule has 0 saturated carbocycles. The molecule has 0 saturated heterocycles. The topological polar surface area (TPSA) is 82.2 Å². The molecule has 104 valence electrons. The minimum Gasteiger partial charge on any atom is -0.396 e. The van der Waals surface area contributed by atoms with Gasteiger partial charge in [0.15, 0.2) is 5.78 Å². The largest absolute Gasteiger partial charge is 0.396 e. The van der Waals surface area contributed by atoms with E-state index in [1.165, 1.54) is 11.3 Å². The van der Waals surface area contributed by atoms with Crippen molar-refractivity contribution in [1.29, 1.82) is 5.26 Å². The first-order chi connectivity index (χ1) is 8.88. The van der Waals surface area contributed by atoms with Gasteiger partial charge >= 0.3 is 0 Å². The van der Waals surface area contributed by atoms with Crippen LogP contribution in [0.4, 0.5) is 10.7 Å². The molecule has 6 heteroatoms. The summed E-state index contributed by atoms with van der Waals surface area (Å²) in [5, 5.41) is 13.0. The van der Waals surface area contributed by atoms with Crippen molar-refractivity contribution in [3.63, 3.8) is 0 Å². The number of hydrogen-bond acceptors (Lipinski definition) is 6. The quantitative estimate of drug-likeness (QED) is 0.779. The predicted octanol–water partition coefficient (Wildman–Crippen LogP) is 2.01. The van der Waals surface area contributed by atoms with Crippen LogP contribution in [0.2, 0.25) is 0 Å². The molecule has 0 amide bonds. The Kier molecular flexibility index (Phi) is 5.33. The van der Waals surface area contributed by atoms with Crippen molar-refractivity contribution in [2.75, 3.05) is 38.2 Å². The minimum absolute atomic E-state index is 0.0142. The van der Waals surface area contributed by atoms with Gasteiger partial charge in [0.1, 0.15) is 16.6 Å². The highest BCUT2D eigenvalue weighted by Gasteiger charge is 2.22. The van der Waals surface area contributed by atoms with Gasteiger partial charge in [0.2, 0.25) is 0 Å². The number of rotatable bonds is 6. The van der Waals surface area contributed by atoms with Gasteiger partial charge < -0.3 is 16.0 Å². The van der Waals surface area contributed by atoms with Crippen LogP contribution in [0, 0.1) is 17.2 Å². The third-order valence-corrected chi connectivity index (χ3v) is 3.83. The minimum atomic E-state index is -0.123. The molecular weight excluding hydrogens is 260 g/mol. The van der Waals surface area contributed by atoms with Gasteiger partial charge in [-0.3, -0.25) is 4.79 Å². The van der Waals surface area contributed by atoms with E-state index in [-0.39, 0.29) is 11.7 Å². The Labute approximate surface area is 118 Å². The van der Waals surface area contributed by atoms with E-state index in [4.69, 9.17) is 11.0 Å². The van der Waals surface area contributed by atoms with Crippen LogP contribution in [-0.4, -0.2) is 37.9 Å². The summed E-state index contributed by atoms with van der Waals surface area (Å²) in [5.74, 6) is -0.137. The molecule has 0 radical (unpaired) electrons. The molecule has 0 aliphatic heterocycles. The van der Waals surface area contributed by atoms with Gasteiger partial charge in [-0.25, -0.2) is 0 Å². The summed E-state index contributed by atoms with van der Waals surface area (Å²) in [6, 6.07) is 2.07. The van der Waals surface area contributed by atoms with E-state index in [9.17, 15) is 4.79 Å². The summed E-state index contributed by atoms with van der Waals surface area (Å²) in [7, 11) is 3.95. The van der Waals surface area contributed by atoms with Gasteiger partial charge in [0, 0.05) is 19.0 Å². The smallest absolute Gasteiger partial charge is 0.177 e. The zero-order valence-electron chi connectivity index (χ0n) is 11.8. The molecule has 1 aromatic heterocycles. The van der Waals surface area contributed by atoms with E-state index in [0.29, 0.717) is 27.7 Å². The molecule has 1 rings (SSSR count). The van der Waals surface area contributed by atoms with E-state index in [1.54, 1.807) is 0 Å². The van der Waals surface area contributed by atoms with Crippen molar-refractivity contribution >= 4 is 27.8 Å². The lowest BCUT2D eigenvalue weighted by Crippen LogP contribution is -2.20. The Hall–Kier alpha value is -1.58. The molecule has 0 atom stereocenters. The van der Waals surface area contributed by atoms with E-state index < -0.39 is 0 Å². The zero-order valence-corrected chi connectivity index (χ0v) is 12.6. The van der Waals surface area contributed by atoms with Gasteiger partial charge in [0.05, 0.1) is 10.6 Å². The normalized spacial score (nSPS) is 10.8. The molecule has 1 heterocycles. The molecule has 0 spiro atoms. The summed E-state index contributed by atoms with van der Waals surface area (Å²) in [6.07, 6.45) is 0. The first-order valence-electron chi connectivity index (χ1n) is 6.13. The van der Waals surface area contributed by atoms with Crippen molar-refractivity contribution in [2.24, 2.45) is 5.92 Å². The molecular formula is C13H20N4OS. The fourth-order valence-corrected chi connectivity index (χ4v) is 2.70. The Morgan fingerprint density at radius 2 is 2.16 bits per heavy atom. The molecule has 5 nitrogen and oxygen atoms in total. The van der Waals surface area contributed by atoms with Crippen molar-refractivity contribution in [3.05, 3.63) is 10.4 Å². The third-order valence-electron chi connectivity index (χ3n) is 2.65. The molecule has 0 fully saturated rings. The molecule has 1 aromatic rings. The number of hydrogen-bond donors (Lipinski definition) is 2. The third kappa shape index (κ3) is 3.69. The summed E-state index contributed by atoms with van der Waals surface area (Å²) < 4.78 is 0. The second kappa shape index (κ2) is 6.55. The Morgan fingerprint density at radius 3 is 2.63 bits per heavy atom. The number of anilines is 2. The number of likely N-dealkylation sites (N-methyl/N-ethyl adjacent to an activating group) is 1. The SMILES string of the molecule is CC(C)C(=O)c1sc(NCCN(C)C)c(C#N)c1N. The molecule has 0 aromatic carbocycles. The van der Waals surface area contributed by atoms with Crippen LogP contribution < -0.4 is 11.1 Å². The molecule has 0 unspecified atom stereocenters. The number of nitrogens with two attached hydrogens (primary N) is 1. The Balaban J connectivity index is 2.97. The second-order valence-corrected chi connectivity index (χ2v) is 5.93. The highest BCUT2D eigenvalue weighted by molar-refractivity contribution is 7.19. The number of nitrogens with zero attached hydrogens (tertiary/aromatic N) is 2. The zero-order chi connectivity index (χ0) is 14.6. The van der Waals surface area contributed by atoms with Crippen LogP contribution in [0.5, 0.6) is 0 Å². The molecule has 0 aliphatic rings. The number of carbonyl (C=O) groups excluding carboxylic acids is 1. The van der Waals surface area contributed by atoms with E-state index in [0.717, 1.165) is 6.54 Å². The number of nitrogen functional groups attached to an aromatic ring is 1.